The molecule has 0 saturated carbocycles. The summed E-state index contributed by atoms with van der Waals surface area (Å²) in [4.78, 5) is 11.7. The Bertz CT molecular complexity index is 506. The quantitative estimate of drug-likeness (QED) is 0.495. The lowest BCUT2D eigenvalue weighted by Crippen LogP contribution is -2.35. The van der Waals surface area contributed by atoms with Crippen LogP contribution in [-0.4, -0.2) is 43.0 Å². The van der Waals surface area contributed by atoms with Gasteiger partial charge in [0, 0.05) is 24.8 Å². The lowest BCUT2D eigenvalue weighted by molar-refractivity contribution is 0.104. The maximum Gasteiger partial charge on any atom is 0.319 e. The molecule has 1 aromatic carbocycles. The number of benzene rings is 1. The second-order valence-corrected chi connectivity index (χ2v) is 6.24. The molecule has 2 amide bonds. The monoisotopic (exact) mass is 337 g/mol. The maximum atomic E-state index is 11.7. The fourth-order valence-electron chi connectivity index (χ4n) is 2.06. The van der Waals surface area contributed by atoms with Crippen LogP contribution in [0, 0.1) is 6.92 Å². The van der Waals surface area contributed by atoms with Gasteiger partial charge in [0.1, 0.15) is 18.5 Å². The first-order chi connectivity index (χ1) is 11.4. The largest absolute Gasteiger partial charge is 0.491 e. The Balaban J connectivity index is 2.45. The fourth-order valence-corrected chi connectivity index (χ4v) is 2.06. The van der Waals surface area contributed by atoms with Gasteiger partial charge < -0.3 is 25.8 Å². The molecular weight excluding hydrogens is 306 g/mol. The van der Waals surface area contributed by atoms with Crippen LogP contribution in [0.1, 0.15) is 39.2 Å². The van der Waals surface area contributed by atoms with E-state index >= 15 is 0 Å². The highest BCUT2D eigenvalue weighted by atomic mass is 16.5. The van der Waals surface area contributed by atoms with Gasteiger partial charge in [0.05, 0.1) is 0 Å². The molecule has 1 aromatic rings. The lowest BCUT2D eigenvalue weighted by atomic mass is 10.2. The summed E-state index contributed by atoms with van der Waals surface area (Å²) in [5.41, 5.74) is 1.63. The first-order valence-corrected chi connectivity index (χ1v) is 8.62. The van der Waals surface area contributed by atoms with E-state index in [0.717, 1.165) is 24.1 Å². The summed E-state index contributed by atoms with van der Waals surface area (Å²) in [5.74, 6) is 0.704. The highest BCUT2D eigenvalue weighted by molar-refractivity contribution is 5.89. The molecule has 0 aromatic heterocycles. The molecule has 0 fully saturated rings. The van der Waals surface area contributed by atoms with Crippen molar-refractivity contribution in [2.75, 3.05) is 25.0 Å². The van der Waals surface area contributed by atoms with Gasteiger partial charge in [-0.3, -0.25) is 0 Å². The Labute approximate surface area is 145 Å². The molecule has 0 radical (unpaired) electrons. The molecule has 1 atom stereocenters. The highest BCUT2D eigenvalue weighted by Gasteiger charge is 2.08. The number of hydrogen-bond acceptors (Lipinski definition) is 4. The van der Waals surface area contributed by atoms with E-state index in [0.29, 0.717) is 24.9 Å². The predicted molar refractivity (Wildman–Crippen MR) is 97.7 cm³/mol. The number of aliphatic hydroxyl groups excluding tert-OH is 1. The number of nitrogens with one attached hydrogen (secondary N) is 3. The molecule has 136 valence electrons. The van der Waals surface area contributed by atoms with Crippen molar-refractivity contribution >= 4 is 11.7 Å². The van der Waals surface area contributed by atoms with Crippen LogP contribution < -0.4 is 20.7 Å². The van der Waals surface area contributed by atoms with Crippen molar-refractivity contribution in [1.82, 2.24) is 10.6 Å². The van der Waals surface area contributed by atoms with Crippen molar-refractivity contribution in [1.29, 1.82) is 0 Å². The zero-order valence-corrected chi connectivity index (χ0v) is 15.2. The first kappa shape index (κ1) is 20.3. The van der Waals surface area contributed by atoms with Gasteiger partial charge in [-0.1, -0.05) is 27.2 Å². The second kappa shape index (κ2) is 10.9. The van der Waals surface area contributed by atoms with Gasteiger partial charge in [-0.2, -0.15) is 0 Å². The topological polar surface area (TPSA) is 82.6 Å². The zero-order chi connectivity index (χ0) is 17.9. The predicted octanol–water partition coefficient (Wildman–Crippen LogP) is 2.65. The molecule has 1 rings (SSSR count). The Morgan fingerprint density at radius 3 is 2.71 bits per heavy atom. The van der Waals surface area contributed by atoms with Crippen LogP contribution in [0.4, 0.5) is 10.5 Å². The number of unbranched alkanes of at least 4 members (excludes halogenated alkanes) is 1. The van der Waals surface area contributed by atoms with Gasteiger partial charge in [-0.15, -0.1) is 0 Å². The molecule has 4 N–H and O–H groups in total. The number of aliphatic hydroxyl groups is 1. The Morgan fingerprint density at radius 2 is 2.08 bits per heavy atom. The number of amides is 2. The Kier molecular flexibility index (Phi) is 9.19. The van der Waals surface area contributed by atoms with E-state index in [1.165, 1.54) is 0 Å². The summed E-state index contributed by atoms with van der Waals surface area (Å²) in [6, 6.07) is 5.58. The molecule has 24 heavy (non-hydrogen) atoms. The zero-order valence-electron chi connectivity index (χ0n) is 15.2. The third-order valence-electron chi connectivity index (χ3n) is 3.44. The second-order valence-electron chi connectivity index (χ2n) is 6.24. The Hall–Kier alpha value is -1.79. The summed E-state index contributed by atoms with van der Waals surface area (Å²) in [6.07, 6.45) is 1.45. The molecule has 0 aliphatic heterocycles. The minimum atomic E-state index is -0.561. The minimum Gasteiger partial charge on any atom is -0.491 e. The van der Waals surface area contributed by atoms with E-state index in [2.05, 4.69) is 22.9 Å². The van der Waals surface area contributed by atoms with Crippen LogP contribution in [0.3, 0.4) is 0 Å². The van der Waals surface area contributed by atoms with Crippen LogP contribution in [0.25, 0.3) is 0 Å². The van der Waals surface area contributed by atoms with Crippen LogP contribution in [-0.2, 0) is 0 Å². The number of hydrogen-bond donors (Lipinski definition) is 4. The molecule has 0 saturated heterocycles. The number of aryl methyl sites for hydroxylation is 1. The standard InChI is InChI=1S/C18H31N3O3/c1-5-6-9-19-18(23)21-15-7-8-17(14(4)10-15)24-12-16(22)11-20-13(2)3/h7-8,10,13,16,20,22H,5-6,9,11-12H2,1-4H3,(H2,19,21,23)/t16-/m1/s1. The SMILES string of the molecule is CCCCNC(=O)Nc1ccc(OC[C@H](O)CNC(C)C)c(C)c1. The molecule has 6 nitrogen and oxygen atoms in total. The van der Waals surface area contributed by atoms with E-state index < -0.39 is 6.10 Å². The number of ether oxygens (including phenoxy) is 1. The number of carbonyl (C=O) groups excluding carboxylic acids is 1. The molecule has 0 bridgehead atoms. The van der Waals surface area contributed by atoms with Crippen molar-refractivity contribution < 1.29 is 14.6 Å². The van der Waals surface area contributed by atoms with E-state index in [1.54, 1.807) is 12.1 Å². The number of anilines is 1. The average molecular weight is 337 g/mol. The smallest absolute Gasteiger partial charge is 0.319 e. The van der Waals surface area contributed by atoms with Gasteiger partial charge in [-0.05, 0) is 37.1 Å². The normalized spacial score (nSPS) is 12.1. The molecule has 0 spiro atoms. The van der Waals surface area contributed by atoms with Crippen LogP contribution >= 0.6 is 0 Å². The number of rotatable bonds is 10. The number of carbonyl (C=O) groups is 1. The third-order valence-corrected chi connectivity index (χ3v) is 3.44. The molecule has 6 heteroatoms. The summed E-state index contributed by atoms with van der Waals surface area (Å²) in [7, 11) is 0. The Morgan fingerprint density at radius 1 is 1.33 bits per heavy atom. The van der Waals surface area contributed by atoms with Gasteiger partial charge >= 0.3 is 6.03 Å². The van der Waals surface area contributed by atoms with E-state index in [4.69, 9.17) is 4.74 Å². The van der Waals surface area contributed by atoms with Gasteiger partial charge in [-0.25, -0.2) is 4.79 Å². The highest BCUT2D eigenvalue weighted by Crippen LogP contribution is 2.22. The van der Waals surface area contributed by atoms with Gasteiger partial charge in [0.2, 0.25) is 0 Å². The summed E-state index contributed by atoms with van der Waals surface area (Å²) in [6.45, 7) is 9.44. The molecule has 0 unspecified atom stereocenters. The first-order valence-electron chi connectivity index (χ1n) is 8.62. The summed E-state index contributed by atoms with van der Waals surface area (Å²) < 4.78 is 5.65. The van der Waals surface area contributed by atoms with Crippen molar-refractivity contribution in [2.45, 2.75) is 52.7 Å². The van der Waals surface area contributed by atoms with E-state index in [9.17, 15) is 9.90 Å². The van der Waals surface area contributed by atoms with E-state index in [-0.39, 0.29) is 12.6 Å². The fraction of sp³-hybridized carbons (Fsp3) is 0.611. The number of urea groups is 1. The van der Waals surface area contributed by atoms with Crippen molar-refractivity contribution in [3.63, 3.8) is 0 Å². The van der Waals surface area contributed by atoms with Crippen LogP contribution in [0.5, 0.6) is 5.75 Å². The average Bonchev–Trinajstić information content (AvgIpc) is 2.52. The molecule has 0 aliphatic carbocycles. The lowest BCUT2D eigenvalue weighted by Gasteiger charge is -2.16. The summed E-state index contributed by atoms with van der Waals surface area (Å²) in [5, 5.41) is 18.6. The maximum absolute atomic E-state index is 11.7. The van der Waals surface area contributed by atoms with Gasteiger partial charge in [0.15, 0.2) is 0 Å². The van der Waals surface area contributed by atoms with Crippen molar-refractivity contribution in [3.8, 4) is 5.75 Å². The minimum absolute atomic E-state index is 0.202. The van der Waals surface area contributed by atoms with Gasteiger partial charge in [0.25, 0.3) is 0 Å². The third kappa shape index (κ3) is 8.17. The summed E-state index contributed by atoms with van der Waals surface area (Å²) >= 11 is 0. The molecule has 0 heterocycles. The van der Waals surface area contributed by atoms with E-state index in [1.807, 2.05) is 26.8 Å². The van der Waals surface area contributed by atoms with Crippen LogP contribution in [0.15, 0.2) is 18.2 Å². The molecule has 0 aliphatic rings. The molecular formula is C18H31N3O3. The van der Waals surface area contributed by atoms with Crippen molar-refractivity contribution in [3.05, 3.63) is 23.8 Å². The van der Waals surface area contributed by atoms with Crippen molar-refractivity contribution in [2.24, 2.45) is 0 Å². The van der Waals surface area contributed by atoms with Crippen LogP contribution in [0.2, 0.25) is 0 Å².